The lowest BCUT2D eigenvalue weighted by Crippen LogP contribution is -2.40. The van der Waals surface area contributed by atoms with Gasteiger partial charge in [0.2, 0.25) is 5.91 Å². The van der Waals surface area contributed by atoms with Gasteiger partial charge < -0.3 is 10.6 Å². The van der Waals surface area contributed by atoms with E-state index in [-0.39, 0.29) is 6.04 Å². The minimum absolute atomic E-state index is 0.155. The lowest BCUT2D eigenvalue weighted by molar-refractivity contribution is -0.130. The average Bonchev–Trinajstić information content (AvgIpc) is 2.32. The van der Waals surface area contributed by atoms with Crippen molar-refractivity contribution >= 4 is 5.91 Å². The molecule has 1 rings (SSSR count). The van der Waals surface area contributed by atoms with Crippen LogP contribution in [-0.4, -0.2) is 29.9 Å². The van der Waals surface area contributed by atoms with Gasteiger partial charge in [-0.2, -0.15) is 0 Å². The Morgan fingerprint density at radius 2 is 2.23 bits per heavy atom. The van der Waals surface area contributed by atoms with Crippen LogP contribution >= 0.6 is 0 Å². The van der Waals surface area contributed by atoms with Crippen LogP contribution in [0.1, 0.15) is 39.0 Å². The van der Waals surface area contributed by atoms with E-state index in [4.69, 9.17) is 5.73 Å². The summed E-state index contributed by atoms with van der Waals surface area (Å²) in [6.45, 7) is 3.72. The Labute approximate surface area is 80.3 Å². The number of carbonyl (C=O) groups excluding carboxylic acids is 1. The maximum Gasteiger partial charge on any atom is 0.222 e. The highest BCUT2D eigenvalue weighted by atomic mass is 16.2. The van der Waals surface area contributed by atoms with Crippen LogP contribution in [0.2, 0.25) is 0 Å². The second-order valence-electron chi connectivity index (χ2n) is 3.82. The molecule has 76 valence electrons. The summed E-state index contributed by atoms with van der Waals surface area (Å²) in [6, 6.07) is 0.155. The van der Waals surface area contributed by atoms with E-state index in [0.717, 1.165) is 38.8 Å². The summed E-state index contributed by atoms with van der Waals surface area (Å²) >= 11 is 0. The summed E-state index contributed by atoms with van der Waals surface area (Å²) in [7, 11) is 0. The lowest BCUT2D eigenvalue weighted by Gasteiger charge is -2.23. The number of likely N-dealkylation sites (tertiary alicyclic amines) is 1. The topological polar surface area (TPSA) is 46.3 Å². The average molecular weight is 184 g/mol. The normalized spacial score (nSPS) is 21.4. The molecule has 0 aliphatic carbocycles. The molecule has 3 heteroatoms. The first-order valence-corrected chi connectivity index (χ1v) is 5.27. The monoisotopic (exact) mass is 184 g/mol. The van der Waals surface area contributed by atoms with Crippen molar-refractivity contribution in [2.24, 2.45) is 5.73 Å². The molecule has 1 aliphatic rings. The predicted molar refractivity (Wildman–Crippen MR) is 53.3 cm³/mol. The van der Waals surface area contributed by atoms with Crippen molar-refractivity contribution < 1.29 is 4.79 Å². The minimum atomic E-state index is 0.155. The number of amides is 1. The summed E-state index contributed by atoms with van der Waals surface area (Å²) in [5.74, 6) is 0.293. The number of nitrogens with two attached hydrogens (primary N) is 1. The molecular formula is C10H20N2O. The molecule has 1 unspecified atom stereocenters. The molecule has 0 aromatic rings. The molecule has 0 spiro atoms. The van der Waals surface area contributed by atoms with Crippen molar-refractivity contribution in [3.05, 3.63) is 0 Å². The molecule has 1 saturated heterocycles. The molecule has 0 saturated carbocycles. The van der Waals surface area contributed by atoms with Gasteiger partial charge in [0, 0.05) is 25.6 Å². The highest BCUT2D eigenvalue weighted by Gasteiger charge is 2.17. The Hall–Kier alpha value is -0.570. The van der Waals surface area contributed by atoms with Crippen LogP contribution in [0, 0.1) is 0 Å². The third-order valence-electron chi connectivity index (χ3n) is 2.65. The zero-order valence-electron chi connectivity index (χ0n) is 8.46. The van der Waals surface area contributed by atoms with Gasteiger partial charge in [-0.25, -0.2) is 0 Å². The first-order valence-electron chi connectivity index (χ1n) is 5.27. The van der Waals surface area contributed by atoms with Gasteiger partial charge in [-0.05, 0) is 19.3 Å². The standard InChI is InChI=1S/C10H20N2O/c1-2-9(11)8-12-7-5-3-4-6-10(12)13/h9H,2-8,11H2,1H3. The molecule has 1 fully saturated rings. The Bertz CT molecular complexity index is 170. The van der Waals surface area contributed by atoms with E-state index in [9.17, 15) is 4.79 Å². The highest BCUT2D eigenvalue weighted by molar-refractivity contribution is 5.76. The predicted octanol–water partition coefficient (Wildman–Crippen LogP) is 1.13. The SMILES string of the molecule is CCC(N)CN1CCCCCC1=O. The fraction of sp³-hybridized carbons (Fsp3) is 0.900. The number of hydrogen-bond acceptors (Lipinski definition) is 2. The smallest absolute Gasteiger partial charge is 0.222 e. The van der Waals surface area contributed by atoms with Crippen LogP contribution in [0.5, 0.6) is 0 Å². The maximum atomic E-state index is 11.5. The zero-order valence-corrected chi connectivity index (χ0v) is 8.46. The molecule has 0 bridgehead atoms. The van der Waals surface area contributed by atoms with Crippen LogP contribution < -0.4 is 5.73 Å². The quantitative estimate of drug-likeness (QED) is 0.714. The van der Waals surface area contributed by atoms with E-state index in [1.54, 1.807) is 0 Å². The van der Waals surface area contributed by atoms with Gasteiger partial charge in [-0.1, -0.05) is 13.3 Å². The second kappa shape index (κ2) is 5.22. The number of nitrogens with zero attached hydrogens (tertiary/aromatic N) is 1. The lowest BCUT2D eigenvalue weighted by atomic mass is 10.2. The van der Waals surface area contributed by atoms with E-state index < -0.39 is 0 Å². The third-order valence-corrected chi connectivity index (χ3v) is 2.65. The van der Waals surface area contributed by atoms with E-state index in [2.05, 4.69) is 6.92 Å². The van der Waals surface area contributed by atoms with Gasteiger partial charge >= 0.3 is 0 Å². The minimum Gasteiger partial charge on any atom is -0.341 e. The van der Waals surface area contributed by atoms with E-state index in [1.807, 2.05) is 4.90 Å². The van der Waals surface area contributed by atoms with Crippen molar-refractivity contribution in [3.63, 3.8) is 0 Å². The summed E-state index contributed by atoms with van der Waals surface area (Å²) in [5.41, 5.74) is 5.82. The molecule has 2 N–H and O–H groups in total. The Morgan fingerprint density at radius 1 is 1.46 bits per heavy atom. The Balaban J connectivity index is 2.40. The van der Waals surface area contributed by atoms with E-state index in [1.165, 1.54) is 6.42 Å². The fourth-order valence-corrected chi connectivity index (χ4v) is 1.64. The largest absolute Gasteiger partial charge is 0.341 e. The van der Waals surface area contributed by atoms with E-state index in [0.29, 0.717) is 5.91 Å². The van der Waals surface area contributed by atoms with Gasteiger partial charge in [-0.3, -0.25) is 4.79 Å². The second-order valence-corrected chi connectivity index (χ2v) is 3.82. The molecule has 1 aliphatic heterocycles. The Kier molecular flexibility index (Phi) is 4.22. The first-order chi connectivity index (χ1) is 6.24. The molecule has 1 heterocycles. The van der Waals surface area contributed by atoms with Crippen LogP contribution in [0.3, 0.4) is 0 Å². The number of carbonyl (C=O) groups is 1. The van der Waals surface area contributed by atoms with Crippen LogP contribution in [0.15, 0.2) is 0 Å². The molecule has 3 nitrogen and oxygen atoms in total. The van der Waals surface area contributed by atoms with Crippen LogP contribution in [0.4, 0.5) is 0 Å². The van der Waals surface area contributed by atoms with Crippen molar-refractivity contribution in [2.45, 2.75) is 45.1 Å². The van der Waals surface area contributed by atoms with Crippen LogP contribution in [0.25, 0.3) is 0 Å². The van der Waals surface area contributed by atoms with Gasteiger partial charge in [0.05, 0.1) is 0 Å². The van der Waals surface area contributed by atoms with Gasteiger partial charge in [0.15, 0.2) is 0 Å². The summed E-state index contributed by atoms with van der Waals surface area (Å²) in [4.78, 5) is 13.5. The van der Waals surface area contributed by atoms with Crippen LogP contribution in [-0.2, 0) is 4.79 Å². The molecule has 1 atom stereocenters. The van der Waals surface area contributed by atoms with Crippen molar-refractivity contribution in [1.29, 1.82) is 0 Å². The highest BCUT2D eigenvalue weighted by Crippen LogP contribution is 2.11. The third kappa shape index (κ3) is 3.35. The molecular weight excluding hydrogens is 164 g/mol. The molecule has 0 radical (unpaired) electrons. The molecule has 0 aromatic carbocycles. The van der Waals surface area contributed by atoms with Crippen molar-refractivity contribution in [1.82, 2.24) is 4.90 Å². The maximum absolute atomic E-state index is 11.5. The first kappa shape index (κ1) is 10.5. The van der Waals surface area contributed by atoms with E-state index >= 15 is 0 Å². The summed E-state index contributed by atoms with van der Waals surface area (Å²) < 4.78 is 0. The van der Waals surface area contributed by atoms with Crippen molar-refractivity contribution in [3.8, 4) is 0 Å². The number of hydrogen-bond donors (Lipinski definition) is 1. The molecule has 0 aromatic heterocycles. The molecule has 1 amide bonds. The number of rotatable bonds is 3. The summed E-state index contributed by atoms with van der Waals surface area (Å²) in [5, 5.41) is 0. The fourth-order valence-electron chi connectivity index (χ4n) is 1.64. The Morgan fingerprint density at radius 3 is 2.92 bits per heavy atom. The van der Waals surface area contributed by atoms with Gasteiger partial charge in [0.25, 0.3) is 0 Å². The van der Waals surface area contributed by atoms with Crippen molar-refractivity contribution in [2.75, 3.05) is 13.1 Å². The summed E-state index contributed by atoms with van der Waals surface area (Å²) in [6.07, 6.45) is 5.04. The van der Waals surface area contributed by atoms with Gasteiger partial charge in [0.1, 0.15) is 0 Å². The zero-order chi connectivity index (χ0) is 9.68. The molecule has 13 heavy (non-hydrogen) atoms. The van der Waals surface area contributed by atoms with Gasteiger partial charge in [-0.15, -0.1) is 0 Å².